The molecule has 2 saturated heterocycles. The first-order valence-electron chi connectivity index (χ1n) is 13.6. The van der Waals surface area contributed by atoms with Crippen molar-refractivity contribution < 1.29 is 19.0 Å². The van der Waals surface area contributed by atoms with Gasteiger partial charge in [-0.25, -0.2) is 0 Å². The molecule has 1 spiro atoms. The predicted octanol–water partition coefficient (Wildman–Crippen LogP) is 5.63. The number of ketones is 1. The fraction of sp³-hybridized carbons (Fsp3) is 0.964. The third-order valence-electron chi connectivity index (χ3n) is 12.0. The monoisotopic (exact) mass is 444 g/mol. The molecular formula is C28H44O4. The van der Waals surface area contributed by atoms with E-state index in [-0.39, 0.29) is 23.2 Å². The first kappa shape index (κ1) is 22.0. The molecule has 4 heteroatoms. The summed E-state index contributed by atoms with van der Waals surface area (Å²) in [5.41, 5.74) is 0.775. The molecule has 4 aliphatic carbocycles. The van der Waals surface area contributed by atoms with Crippen LogP contribution in [0.25, 0.3) is 0 Å². The van der Waals surface area contributed by atoms with E-state index in [1.54, 1.807) is 0 Å². The molecule has 32 heavy (non-hydrogen) atoms. The van der Waals surface area contributed by atoms with Crippen molar-refractivity contribution in [3.05, 3.63) is 0 Å². The Morgan fingerprint density at radius 3 is 2.50 bits per heavy atom. The lowest BCUT2D eigenvalue weighted by atomic mass is 9.44. The maximum Gasteiger partial charge on any atom is 0.232 e. The van der Waals surface area contributed by atoms with Gasteiger partial charge in [-0.3, -0.25) is 4.79 Å². The van der Waals surface area contributed by atoms with Crippen molar-refractivity contribution in [2.45, 2.75) is 103 Å². The van der Waals surface area contributed by atoms with E-state index in [1.165, 1.54) is 44.9 Å². The number of ether oxygens (including phenoxy) is 3. The number of rotatable bonds is 1. The highest BCUT2D eigenvalue weighted by Crippen LogP contribution is 2.71. The van der Waals surface area contributed by atoms with Crippen molar-refractivity contribution in [3.8, 4) is 0 Å². The minimum atomic E-state index is -0.950. The van der Waals surface area contributed by atoms with Gasteiger partial charge in [0.05, 0.1) is 18.8 Å². The molecule has 0 aromatic heterocycles. The van der Waals surface area contributed by atoms with Gasteiger partial charge in [0.25, 0.3) is 0 Å². The van der Waals surface area contributed by atoms with Crippen LogP contribution in [-0.2, 0) is 19.0 Å². The average Bonchev–Trinajstić information content (AvgIpc) is 3.22. The quantitative estimate of drug-likeness (QED) is 0.526. The van der Waals surface area contributed by atoms with Crippen molar-refractivity contribution in [2.75, 3.05) is 13.7 Å². The van der Waals surface area contributed by atoms with Gasteiger partial charge < -0.3 is 14.2 Å². The number of fused-ring (bicyclic) bond motifs is 7. The standard InChI is InChI=1S/C28H44O4/c1-16-12-24(29)28(31-15-16)17(2)25-23(32-28)14-22-20-7-6-18-13-19(30-5)8-10-26(18,3)21(20)9-11-27(22,25)4/h16-23,25H,6-15H2,1-5H3/t16-,17+,18+,19+,20-,21+,22+,23+,25+,26+,27+,28+/m1/s1. The summed E-state index contributed by atoms with van der Waals surface area (Å²) in [5, 5.41) is 0. The van der Waals surface area contributed by atoms with Crippen molar-refractivity contribution in [1.82, 2.24) is 0 Å². The van der Waals surface area contributed by atoms with Crippen molar-refractivity contribution in [1.29, 1.82) is 0 Å². The number of carbonyl (C=O) groups is 1. The van der Waals surface area contributed by atoms with Gasteiger partial charge in [-0.05, 0) is 97.7 Å². The van der Waals surface area contributed by atoms with Crippen LogP contribution >= 0.6 is 0 Å². The maximum atomic E-state index is 13.2. The highest BCUT2D eigenvalue weighted by Gasteiger charge is 2.70. The smallest absolute Gasteiger partial charge is 0.232 e. The molecule has 0 unspecified atom stereocenters. The van der Waals surface area contributed by atoms with Gasteiger partial charge in [0, 0.05) is 19.4 Å². The molecule has 0 aromatic rings. The van der Waals surface area contributed by atoms with Crippen LogP contribution in [0, 0.1) is 52.3 Å². The minimum absolute atomic E-state index is 0.170. The van der Waals surface area contributed by atoms with E-state index in [9.17, 15) is 4.79 Å². The summed E-state index contributed by atoms with van der Waals surface area (Å²) >= 11 is 0. The normalized spacial score (nSPS) is 59.4. The van der Waals surface area contributed by atoms with Crippen LogP contribution < -0.4 is 0 Å². The Hall–Kier alpha value is -0.450. The molecule has 2 aliphatic heterocycles. The Kier molecular flexibility index (Phi) is 5.01. The van der Waals surface area contributed by atoms with Crippen LogP contribution in [-0.4, -0.2) is 37.5 Å². The van der Waals surface area contributed by atoms with Crippen LogP contribution in [0.2, 0.25) is 0 Å². The molecule has 6 fully saturated rings. The molecule has 4 saturated carbocycles. The maximum absolute atomic E-state index is 13.2. The molecule has 4 nitrogen and oxygen atoms in total. The lowest BCUT2D eigenvalue weighted by Gasteiger charge is -2.61. The van der Waals surface area contributed by atoms with Crippen LogP contribution in [0.15, 0.2) is 0 Å². The molecule has 180 valence electrons. The Morgan fingerprint density at radius 2 is 1.75 bits per heavy atom. The summed E-state index contributed by atoms with van der Waals surface area (Å²) in [5.74, 6) is 3.46. The molecule has 6 aliphatic rings. The zero-order valence-corrected chi connectivity index (χ0v) is 20.9. The van der Waals surface area contributed by atoms with Gasteiger partial charge in [-0.1, -0.05) is 27.7 Å². The predicted molar refractivity (Wildman–Crippen MR) is 123 cm³/mol. The zero-order chi connectivity index (χ0) is 22.5. The van der Waals surface area contributed by atoms with Crippen molar-refractivity contribution in [2.24, 2.45) is 52.3 Å². The van der Waals surface area contributed by atoms with E-state index in [2.05, 4.69) is 27.7 Å². The first-order valence-corrected chi connectivity index (χ1v) is 13.6. The third kappa shape index (κ3) is 2.75. The molecule has 0 amide bonds. The lowest BCUT2D eigenvalue weighted by molar-refractivity contribution is -0.252. The van der Waals surface area contributed by atoms with Gasteiger partial charge in [0.1, 0.15) is 0 Å². The van der Waals surface area contributed by atoms with Crippen molar-refractivity contribution >= 4 is 5.78 Å². The molecule has 2 heterocycles. The molecule has 0 aromatic carbocycles. The Morgan fingerprint density at radius 1 is 0.969 bits per heavy atom. The van der Waals surface area contributed by atoms with E-state index in [4.69, 9.17) is 14.2 Å². The van der Waals surface area contributed by atoms with E-state index < -0.39 is 5.79 Å². The second-order valence-electron chi connectivity index (χ2n) is 13.3. The van der Waals surface area contributed by atoms with Crippen LogP contribution in [0.1, 0.15) is 85.5 Å². The highest BCUT2D eigenvalue weighted by molar-refractivity contribution is 5.87. The average molecular weight is 445 g/mol. The molecule has 6 rings (SSSR count). The number of hydrogen-bond acceptors (Lipinski definition) is 4. The number of Topliss-reactive ketones (excluding diaryl/α,β-unsaturated/α-hetero) is 1. The summed E-state index contributed by atoms with van der Waals surface area (Å²) < 4.78 is 18.7. The first-order chi connectivity index (χ1) is 15.2. The molecule has 12 atom stereocenters. The van der Waals surface area contributed by atoms with Crippen LogP contribution in [0.3, 0.4) is 0 Å². The van der Waals surface area contributed by atoms with E-state index in [1.807, 2.05) is 7.11 Å². The number of carbonyl (C=O) groups excluding carboxylic acids is 1. The minimum Gasteiger partial charge on any atom is -0.381 e. The Balaban J connectivity index is 1.26. The van der Waals surface area contributed by atoms with E-state index in [0.717, 1.165) is 30.1 Å². The van der Waals surface area contributed by atoms with Gasteiger partial charge in [-0.15, -0.1) is 0 Å². The fourth-order valence-electron chi connectivity index (χ4n) is 10.4. The molecular weight excluding hydrogens is 400 g/mol. The summed E-state index contributed by atoms with van der Waals surface area (Å²) in [4.78, 5) is 13.2. The Bertz CT molecular complexity index is 781. The zero-order valence-electron chi connectivity index (χ0n) is 20.9. The van der Waals surface area contributed by atoms with Crippen molar-refractivity contribution in [3.63, 3.8) is 0 Å². The summed E-state index contributed by atoms with van der Waals surface area (Å²) in [6.07, 6.45) is 11.7. The van der Waals surface area contributed by atoms with Gasteiger partial charge in [0.15, 0.2) is 5.78 Å². The largest absolute Gasteiger partial charge is 0.381 e. The van der Waals surface area contributed by atoms with E-state index in [0.29, 0.717) is 36.4 Å². The summed E-state index contributed by atoms with van der Waals surface area (Å²) in [6.45, 7) is 10.2. The number of methoxy groups -OCH3 is 1. The summed E-state index contributed by atoms with van der Waals surface area (Å²) in [6, 6.07) is 0. The third-order valence-corrected chi connectivity index (χ3v) is 12.0. The molecule has 0 bridgehead atoms. The van der Waals surface area contributed by atoms with Gasteiger partial charge >= 0.3 is 0 Å². The Labute approximate surface area is 194 Å². The summed E-state index contributed by atoms with van der Waals surface area (Å²) in [7, 11) is 1.90. The van der Waals surface area contributed by atoms with Gasteiger partial charge in [0.2, 0.25) is 5.79 Å². The molecule has 0 N–H and O–H groups in total. The SMILES string of the molecule is CO[C@H]1CC[C@@]2(C)[C@@H](CC[C@@H]3[C@@H]2CC[C@]2(C)[C@@H]4[C@H](C[C@@H]32)O[C@@]2(OC[C@H](C)CC2=O)[C@H]4C)C1. The topological polar surface area (TPSA) is 44.8 Å². The highest BCUT2D eigenvalue weighted by atomic mass is 16.7. The van der Waals surface area contributed by atoms with Gasteiger partial charge in [-0.2, -0.15) is 0 Å². The second kappa shape index (κ2) is 7.28. The molecule has 0 radical (unpaired) electrons. The van der Waals surface area contributed by atoms with E-state index >= 15 is 0 Å². The fourth-order valence-corrected chi connectivity index (χ4v) is 10.4. The van der Waals surface area contributed by atoms with Crippen LogP contribution in [0.5, 0.6) is 0 Å². The lowest BCUT2D eigenvalue weighted by Crippen LogP contribution is -2.56. The van der Waals surface area contributed by atoms with Crippen LogP contribution in [0.4, 0.5) is 0 Å². The number of hydrogen-bond donors (Lipinski definition) is 0. The second-order valence-corrected chi connectivity index (χ2v) is 13.3.